The molecule has 36 heavy (non-hydrogen) atoms. The van der Waals surface area contributed by atoms with E-state index in [0.29, 0.717) is 17.5 Å². The number of hydrogen-bond donors (Lipinski definition) is 1. The molecule has 0 radical (unpaired) electrons. The van der Waals surface area contributed by atoms with Crippen molar-refractivity contribution >= 4 is 17.4 Å². The maximum atomic E-state index is 12.8. The number of carbonyl (C=O) groups excluding carboxylic acids is 1. The monoisotopic (exact) mass is 491 g/mol. The van der Waals surface area contributed by atoms with Gasteiger partial charge in [-0.25, -0.2) is 0 Å². The van der Waals surface area contributed by atoms with E-state index >= 15 is 0 Å². The van der Waals surface area contributed by atoms with Gasteiger partial charge in [-0.1, -0.05) is 6.42 Å². The van der Waals surface area contributed by atoms with Gasteiger partial charge in [-0.3, -0.25) is 4.79 Å². The highest BCUT2D eigenvalue weighted by molar-refractivity contribution is 5.79. The van der Waals surface area contributed by atoms with Crippen molar-refractivity contribution in [2.75, 3.05) is 44.7 Å². The number of nitrogens with one attached hydrogen (secondary N) is 1. The molecule has 2 fully saturated rings. The highest BCUT2D eigenvalue weighted by Crippen LogP contribution is 2.25. The lowest BCUT2D eigenvalue weighted by Crippen LogP contribution is -2.42. The summed E-state index contributed by atoms with van der Waals surface area (Å²) in [6.45, 7) is 6.98. The van der Waals surface area contributed by atoms with Crippen molar-refractivity contribution in [2.24, 2.45) is 5.92 Å². The summed E-state index contributed by atoms with van der Waals surface area (Å²) in [7, 11) is 1.65. The second-order valence-electron chi connectivity index (χ2n) is 10.0. The van der Waals surface area contributed by atoms with E-state index < -0.39 is 0 Å². The van der Waals surface area contributed by atoms with E-state index in [0.717, 1.165) is 62.6 Å². The van der Waals surface area contributed by atoms with Gasteiger partial charge >= 0.3 is 0 Å². The van der Waals surface area contributed by atoms with Gasteiger partial charge in [0.1, 0.15) is 11.6 Å². The lowest BCUT2D eigenvalue weighted by Gasteiger charge is -2.33. The number of methoxy groups -OCH3 is 1. The molecule has 192 valence electrons. The molecule has 0 bridgehead atoms. The van der Waals surface area contributed by atoms with Crippen LogP contribution in [0.1, 0.15) is 45.4 Å². The van der Waals surface area contributed by atoms with Gasteiger partial charge in [-0.05, 0) is 82.0 Å². The first-order chi connectivity index (χ1) is 17.6. The van der Waals surface area contributed by atoms with Gasteiger partial charge in [0, 0.05) is 43.7 Å². The molecule has 1 N–H and O–H groups in total. The first-order valence-electron chi connectivity index (χ1n) is 13.3. The molecule has 2 aliphatic rings. The molecule has 4 heterocycles. The molecule has 5 rings (SSSR count). The Balaban J connectivity index is 1.14. The second kappa shape index (κ2) is 11.2. The average molecular weight is 492 g/mol. The van der Waals surface area contributed by atoms with Gasteiger partial charge in [0.15, 0.2) is 11.5 Å². The topological polar surface area (TPSA) is 87.9 Å². The summed E-state index contributed by atoms with van der Waals surface area (Å²) in [5, 5.41) is 16.6. The molecule has 0 unspecified atom stereocenters. The van der Waals surface area contributed by atoms with Crippen LogP contribution in [0.15, 0.2) is 36.4 Å². The van der Waals surface area contributed by atoms with Gasteiger partial charge in [0.2, 0.25) is 5.91 Å². The molecule has 1 amide bonds. The number of aromatic nitrogens is 4. The highest BCUT2D eigenvalue weighted by atomic mass is 16.5. The summed E-state index contributed by atoms with van der Waals surface area (Å²) in [6, 6.07) is 12.3. The third kappa shape index (κ3) is 5.46. The van der Waals surface area contributed by atoms with E-state index in [-0.39, 0.29) is 11.8 Å². The van der Waals surface area contributed by atoms with Crippen molar-refractivity contribution in [3.8, 4) is 17.1 Å². The number of amides is 1. The summed E-state index contributed by atoms with van der Waals surface area (Å²) < 4.78 is 7.05. The molecular formula is C27H37N7O2. The predicted molar refractivity (Wildman–Crippen MR) is 140 cm³/mol. The SMILES string of the molecule is COc1ccc(-c2nnc3ccc(N4CCC(C(=O)NCCCN5CCCC[C@@H]5C)CC4)nn23)cc1. The van der Waals surface area contributed by atoms with E-state index in [2.05, 4.69) is 32.2 Å². The van der Waals surface area contributed by atoms with Crippen molar-refractivity contribution in [3.63, 3.8) is 0 Å². The van der Waals surface area contributed by atoms with Gasteiger partial charge in [-0.15, -0.1) is 15.3 Å². The summed E-state index contributed by atoms with van der Waals surface area (Å²) in [5.74, 6) is 2.65. The van der Waals surface area contributed by atoms with Crippen molar-refractivity contribution < 1.29 is 9.53 Å². The van der Waals surface area contributed by atoms with Gasteiger partial charge in [0.25, 0.3) is 0 Å². The number of benzene rings is 1. The Labute approximate surface area is 212 Å². The van der Waals surface area contributed by atoms with Crippen LogP contribution in [-0.4, -0.2) is 76.5 Å². The summed E-state index contributed by atoms with van der Waals surface area (Å²) in [6.07, 6.45) is 6.64. The molecule has 0 spiro atoms. The minimum atomic E-state index is 0.0728. The predicted octanol–water partition coefficient (Wildman–Crippen LogP) is 3.40. The molecule has 9 nitrogen and oxygen atoms in total. The Morgan fingerprint density at radius 1 is 1.03 bits per heavy atom. The molecule has 2 aromatic heterocycles. The van der Waals surface area contributed by atoms with Crippen LogP contribution in [0.25, 0.3) is 17.0 Å². The number of carbonyl (C=O) groups is 1. The number of likely N-dealkylation sites (tertiary alicyclic amines) is 1. The summed E-state index contributed by atoms with van der Waals surface area (Å²) >= 11 is 0. The van der Waals surface area contributed by atoms with Crippen LogP contribution < -0.4 is 15.0 Å². The van der Waals surface area contributed by atoms with Crippen LogP contribution >= 0.6 is 0 Å². The number of hydrogen-bond acceptors (Lipinski definition) is 7. The minimum Gasteiger partial charge on any atom is -0.497 e. The Bertz CT molecular complexity index is 1150. The molecule has 1 atom stereocenters. The zero-order valence-electron chi connectivity index (χ0n) is 21.4. The lowest BCUT2D eigenvalue weighted by molar-refractivity contribution is -0.125. The number of ether oxygens (including phenoxy) is 1. The normalized spacial score (nSPS) is 19.5. The largest absolute Gasteiger partial charge is 0.497 e. The van der Waals surface area contributed by atoms with Crippen molar-refractivity contribution in [1.29, 1.82) is 0 Å². The minimum absolute atomic E-state index is 0.0728. The van der Waals surface area contributed by atoms with Crippen molar-refractivity contribution in [3.05, 3.63) is 36.4 Å². The van der Waals surface area contributed by atoms with Gasteiger partial charge < -0.3 is 19.9 Å². The zero-order valence-corrected chi connectivity index (χ0v) is 21.4. The standard InChI is InChI=1S/C27H37N7O2/c1-20-6-3-4-16-32(20)17-5-15-28-27(35)22-13-18-33(19-14-22)25-12-11-24-29-30-26(34(24)31-25)21-7-9-23(36-2)10-8-21/h7-12,20,22H,3-6,13-19H2,1-2H3,(H,28,35)/t20-/m0/s1. The summed E-state index contributed by atoms with van der Waals surface area (Å²) in [5.41, 5.74) is 1.64. The van der Waals surface area contributed by atoms with E-state index in [4.69, 9.17) is 9.84 Å². The van der Waals surface area contributed by atoms with Crippen LogP contribution in [0, 0.1) is 5.92 Å². The first kappa shape index (κ1) is 24.5. The number of anilines is 1. The van der Waals surface area contributed by atoms with E-state index in [1.54, 1.807) is 11.6 Å². The number of nitrogens with zero attached hydrogens (tertiary/aromatic N) is 6. The van der Waals surface area contributed by atoms with Crippen LogP contribution in [0.5, 0.6) is 5.75 Å². The molecule has 1 aromatic carbocycles. The zero-order chi connectivity index (χ0) is 24.9. The molecule has 2 saturated heterocycles. The third-order valence-corrected chi connectivity index (χ3v) is 7.65. The molecule has 2 aliphatic heterocycles. The Morgan fingerprint density at radius 2 is 1.83 bits per heavy atom. The summed E-state index contributed by atoms with van der Waals surface area (Å²) in [4.78, 5) is 17.6. The average Bonchev–Trinajstić information content (AvgIpc) is 3.35. The Kier molecular flexibility index (Phi) is 7.65. The maximum absolute atomic E-state index is 12.8. The Morgan fingerprint density at radius 3 is 2.58 bits per heavy atom. The molecule has 3 aromatic rings. The molecular weight excluding hydrogens is 454 g/mol. The third-order valence-electron chi connectivity index (χ3n) is 7.65. The van der Waals surface area contributed by atoms with Crippen LogP contribution in [0.3, 0.4) is 0 Å². The van der Waals surface area contributed by atoms with E-state index in [9.17, 15) is 4.79 Å². The smallest absolute Gasteiger partial charge is 0.223 e. The molecule has 9 heteroatoms. The number of rotatable bonds is 8. The van der Waals surface area contributed by atoms with Crippen LogP contribution in [-0.2, 0) is 4.79 Å². The van der Waals surface area contributed by atoms with Gasteiger partial charge in [0.05, 0.1) is 7.11 Å². The fourth-order valence-corrected chi connectivity index (χ4v) is 5.37. The molecule has 0 saturated carbocycles. The first-order valence-corrected chi connectivity index (χ1v) is 13.3. The quantitative estimate of drug-likeness (QED) is 0.483. The number of piperidine rings is 2. The lowest BCUT2D eigenvalue weighted by atomic mass is 9.96. The number of fused-ring (bicyclic) bond motifs is 1. The fourth-order valence-electron chi connectivity index (χ4n) is 5.37. The van der Waals surface area contributed by atoms with Gasteiger partial charge in [-0.2, -0.15) is 4.52 Å². The van der Waals surface area contributed by atoms with E-state index in [1.165, 1.54) is 25.8 Å². The second-order valence-corrected chi connectivity index (χ2v) is 10.0. The maximum Gasteiger partial charge on any atom is 0.223 e. The van der Waals surface area contributed by atoms with Crippen LogP contribution in [0.4, 0.5) is 5.82 Å². The fraction of sp³-hybridized carbons (Fsp3) is 0.556. The molecule has 0 aliphatic carbocycles. The van der Waals surface area contributed by atoms with E-state index in [1.807, 2.05) is 36.4 Å². The Hall–Kier alpha value is -3.20. The van der Waals surface area contributed by atoms with Crippen molar-refractivity contribution in [2.45, 2.75) is 51.5 Å². The highest BCUT2D eigenvalue weighted by Gasteiger charge is 2.26. The van der Waals surface area contributed by atoms with Crippen LogP contribution in [0.2, 0.25) is 0 Å². The van der Waals surface area contributed by atoms with Crippen molar-refractivity contribution in [1.82, 2.24) is 30.0 Å².